The zero-order chi connectivity index (χ0) is 14.7. The molecule has 0 heterocycles. The highest BCUT2D eigenvalue weighted by Gasteiger charge is 2.23. The number of unbranched alkanes of at least 4 members (excludes halogenated alkanes) is 5. The highest BCUT2D eigenvalue weighted by Crippen LogP contribution is 2.34. The molecule has 0 aliphatic carbocycles. The molecule has 0 saturated carbocycles. The topological polar surface area (TPSA) is 0 Å². The van der Waals surface area contributed by atoms with E-state index in [-0.39, 0.29) is 10.8 Å². The Morgan fingerprint density at radius 3 is 1.53 bits per heavy atom. The molecule has 2 unspecified atom stereocenters. The summed E-state index contributed by atoms with van der Waals surface area (Å²) < 4.78 is -1.23. The number of alkyl halides is 6. The zero-order valence-electron chi connectivity index (χ0n) is 11.0. The number of hydrogen-bond donors (Lipinski definition) is 0. The molecule has 0 saturated heterocycles. The summed E-state index contributed by atoms with van der Waals surface area (Å²) in [7, 11) is 0. The van der Waals surface area contributed by atoms with E-state index < -0.39 is 3.79 Å². The van der Waals surface area contributed by atoms with Gasteiger partial charge in [0.1, 0.15) is 0 Å². The lowest BCUT2D eigenvalue weighted by atomic mass is 10.1. The molecule has 116 valence electrons. The smallest absolute Gasteiger partial charge is 0.125 e. The molecular formula is C13H22Cl6. The molecule has 0 aliphatic heterocycles. The summed E-state index contributed by atoms with van der Waals surface area (Å²) in [6.45, 7) is 0. The molecule has 0 amide bonds. The second kappa shape index (κ2) is 12.3. The third kappa shape index (κ3) is 15.9. The molecular weight excluding hydrogens is 369 g/mol. The van der Waals surface area contributed by atoms with E-state index in [1.54, 1.807) is 0 Å². The van der Waals surface area contributed by atoms with E-state index in [0.717, 1.165) is 25.7 Å². The molecule has 0 bridgehead atoms. The molecule has 0 aromatic carbocycles. The molecule has 6 heteroatoms. The fourth-order valence-electron chi connectivity index (χ4n) is 1.87. The van der Waals surface area contributed by atoms with Crippen molar-refractivity contribution in [3.8, 4) is 0 Å². The Hall–Kier alpha value is 1.74. The van der Waals surface area contributed by atoms with Gasteiger partial charge in [0.05, 0.1) is 0 Å². The minimum Gasteiger partial charge on any atom is -0.125 e. The predicted molar refractivity (Wildman–Crippen MR) is 91.8 cm³/mol. The standard InChI is InChI=1S/C13H22Cl6/c14-10-12(16)8-6-4-2-1-3-5-7-11(15)9-13(17,18)19/h11-12H,1-10H2. The van der Waals surface area contributed by atoms with E-state index in [0.29, 0.717) is 12.3 Å². The Kier molecular flexibility index (Phi) is 13.4. The summed E-state index contributed by atoms with van der Waals surface area (Å²) in [6, 6.07) is 0. The van der Waals surface area contributed by atoms with Crippen LogP contribution in [-0.2, 0) is 0 Å². The third-order valence-electron chi connectivity index (χ3n) is 2.91. The first kappa shape index (κ1) is 20.7. The molecule has 0 fully saturated rings. The lowest BCUT2D eigenvalue weighted by Gasteiger charge is -2.15. The van der Waals surface area contributed by atoms with Gasteiger partial charge >= 0.3 is 0 Å². The van der Waals surface area contributed by atoms with Crippen LogP contribution in [0.5, 0.6) is 0 Å². The Bertz CT molecular complexity index is 204. The fraction of sp³-hybridized carbons (Fsp3) is 1.00. The molecule has 2 atom stereocenters. The van der Waals surface area contributed by atoms with Gasteiger partial charge < -0.3 is 0 Å². The van der Waals surface area contributed by atoms with Gasteiger partial charge in [0.2, 0.25) is 0 Å². The second-order valence-electron chi connectivity index (χ2n) is 4.87. The van der Waals surface area contributed by atoms with Crippen LogP contribution in [0.25, 0.3) is 0 Å². The molecule has 0 nitrogen and oxygen atoms in total. The van der Waals surface area contributed by atoms with Crippen LogP contribution in [0.3, 0.4) is 0 Å². The van der Waals surface area contributed by atoms with Crippen molar-refractivity contribution in [1.82, 2.24) is 0 Å². The van der Waals surface area contributed by atoms with Crippen LogP contribution in [0.2, 0.25) is 0 Å². The van der Waals surface area contributed by atoms with Crippen LogP contribution in [0.4, 0.5) is 0 Å². The van der Waals surface area contributed by atoms with E-state index >= 15 is 0 Å². The molecule has 0 rings (SSSR count). The molecule has 19 heavy (non-hydrogen) atoms. The predicted octanol–water partition coefficient (Wildman–Crippen LogP) is 7.32. The van der Waals surface area contributed by atoms with Crippen molar-refractivity contribution in [1.29, 1.82) is 0 Å². The zero-order valence-corrected chi connectivity index (χ0v) is 15.5. The summed E-state index contributed by atoms with van der Waals surface area (Å²) in [4.78, 5) is 0. The van der Waals surface area contributed by atoms with Crippen LogP contribution in [0.15, 0.2) is 0 Å². The highest BCUT2D eigenvalue weighted by molar-refractivity contribution is 6.67. The van der Waals surface area contributed by atoms with Gasteiger partial charge in [0.15, 0.2) is 3.79 Å². The number of halogens is 6. The summed E-state index contributed by atoms with van der Waals surface area (Å²) in [5.74, 6) is 0.544. The van der Waals surface area contributed by atoms with E-state index in [1.807, 2.05) is 0 Å². The van der Waals surface area contributed by atoms with Crippen molar-refractivity contribution in [2.45, 2.75) is 72.3 Å². The largest absolute Gasteiger partial charge is 0.192 e. The van der Waals surface area contributed by atoms with Crippen molar-refractivity contribution in [2.75, 3.05) is 5.88 Å². The van der Waals surface area contributed by atoms with Gasteiger partial charge in [-0.2, -0.15) is 0 Å². The van der Waals surface area contributed by atoms with E-state index in [2.05, 4.69) is 0 Å². The third-order valence-corrected chi connectivity index (χ3v) is 4.64. The minimum absolute atomic E-state index is 0.0479. The maximum absolute atomic E-state index is 6.10. The average molecular weight is 391 g/mol. The summed E-state index contributed by atoms with van der Waals surface area (Å²) in [6.07, 6.45) is 9.45. The highest BCUT2D eigenvalue weighted by atomic mass is 35.6. The molecule has 0 aromatic rings. The Morgan fingerprint density at radius 1 is 0.684 bits per heavy atom. The first-order valence-corrected chi connectivity index (χ1v) is 9.30. The molecule has 0 spiro atoms. The van der Waals surface area contributed by atoms with Crippen LogP contribution < -0.4 is 0 Å². The number of hydrogen-bond acceptors (Lipinski definition) is 0. The summed E-state index contributed by atoms with van der Waals surface area (Å²) >= 11 is 34.7. The van der Waals surface area contributed by atoms with Gasteiger partial charge in [-0.1, -0.05) is 73.3 Å². The van der Waals surface area contributed by atoms with Gasteiger partial charge in [-0.05, 0) is 12.8 Å². The van der Waals surface area contributed by atoms with Crippen molar-refractivity contribution in [2.24, 2.45) is 0 Å². The van der Waals surface area contributed by atoms with Crippen molar-refractivity contribution in [3.05, 3.63) is 0 Å². The Balaban J connectivity index is 3.27. The van der Waals surface area contributed by atoms with Crippen molar-refractivity contribution >= 4 is 69.6 Å². The second-order valence-corrected chi connectivity index (χ2v) is 8.93. The maximum Gasteiger partial charge on any atom is 0.192 e. The van der Waals surface area contributed by atoms with Crippen LogP contribution in [-0.4, -0.2) is 20.4 Å². The lowest BCUT2D eigenvalue weighted by Crippen LogP contribution is -2.11. The fourth-order valence-corrected chi connectivity index (χ4v) is 3.36. The molecule has 0 aliphatic rings. The molecule has 0 radical (unpaired) electrons. The average Bonchev–Trinajstić information content (AvgIpc) is 2.29. The van der Waals surface area contributed by atoms with Crippen LogP contribution in [0.1, 0.15) is 57.8 Å². The van der Waals surface area contributed by atoms with Gasteiger partial charge in [-0.3, -0.25) is 0 Å². The maximum atomic E-state index is 6.10. The lowest BCUT2D eigenvalue weighted by molar-refractivity contribution is 0.554. The van der Waals surface area contributed by atoms with Crippen molar-refractivity contribution in [3.63, 3.8) is 0 Å². The van der Waals surface area contributed by atoms with Gasteiger partial charge in [0, 0.05) is 23.1 Å². The first-order valence-electron chi connectivity index (χ1n) is 6.76. The number of rotatable bonds is 11. The van der Waals surface area contributed by atoms with E-state index in [9.17, 15) is 0 Å². The minimum atomic E-state index is -1.23. The SMILES string of the molecule is ClCC(Cl)CCCCCCCCC(Cl)CC(Cl)(Cl)Cl. The summed E-state index contributed by atoms with van der Waals surface area (Å²) in [5, 5.41) is 0.0776. The monoisotopic (exact) mass is 388 g/mol. The van der Waals surface area contributed by atoms with Crippen LogP contribution >= 0.6 is 69.6 Å². The van der Waals surface area contributed by atoms with Crippen molar-refractivity contribution < 1.29 is 0 Å². The quantitative estimate of drug-likeness (QED) is 0.256. The Morgan fingerprint density at radius 2 is 1.11 bits per heavy atom. The summed E-state index contributed by atoms with van der Waals surface area (Å²) in [5.41, 5.74) is 0. The van der Waals surface area contributed by atoms with Gasteiger partial charge in [0.25, 0.3) is 0 Å². The molecule has 0 N–H and O–H groups in total. The normalized spacial score (nSPS) is 15.5. The van der Waals surface area contributed by atoms with E-state index in [1.165, 1.54) is 25.7 Å². The van der Waals surface area contributed by atoms with Crippen LogP contribution in [0, 0.1) is 0 Å². The van der Waals surface area contributed by atoms with Gasteiger partial charge in [-0.15, -0.1) is 34.8 Å². The Labute approximate surface area is 147 Å². The van der Waals surface area contributed by atoms with Gasteiger partial charge in [-0.25, -0.2) is 0 Å². The molecule has 0 aromatic heterocycles. The van der Waals surface area contributed by atoms with E-state index in [4.69, 9.17) is 69.6 Å². The first-order chi connectivity index (χ1) is 8.85.